The van der Waals surface area contributed by atoms with Gasteiger partial charge in [0.1, 0.15) is 0 Å². The monoisotopic (exact) mass is 267 g/mol. The lowest BCUT2D eigenvalue weighted by Gasteiger charge is -2.33. The molecular weight excluding hydrogens is 242 g/mol. The second-order valence-corrected chi connectivity index (χ2v) is 8.71. The normalized spacial score (nSPS) is 16.3. The number of hydrogen-bond acceptors (Lipinski definition) is 1. The zero-order valence-electron chi connectivity index (χ0n) is 12.3. The summed E-state index contributed by atoms with van der Waals surface area (Å²) in [4.78, 5) is 0. The van der Waals surface area contributed by atoms with Crippen LogP contribution >= 0.6 is 0 Å². The minimum Gasteiger partial charge on any atom is -0.242 e. The van der Waals surface area contributed by atoms with Crippen LogP contribution in [0.1, 0.15) is 53.1 Å². The van der Waals surface area contributed by atoms with Gasteiger partial charge in [-0.1, -0.05) is 51.1 Å². The summed E-state index contributed by atoms with van der Waals surface area (Å²) >= 11 is 0. The van der Waals surface area contributed by atoms with Crippen molar-refractivity contribution >= 4 is 11.0 Å². The van der Waals surface area contributed by atoms with E-state index < -0.39 is 11.0 Å². The summed E-state index contributed by atoms with van der Waals surface area (Å²) in [6.07, 6.45) is 0. The van der Waals surface area contributed by atoms with Crippen molar-refractivity contribution in [3.63, 3.8) is 0 Å². The van der Waals surface area contributed by atoms with E-state index in [9.17, 15) is 4.21 Å². The van der Waals surface area contributed by atoms with Crippen molar-refractivity contribution in [2.75, 3.05) is 0 Å². The van der Waals surface area contributed by atoms with E-state index in [0.717, 1.165) is 0 Å². The molecule has 3 heteroatoms. The van der Waals surface area contributed by atoms with Gasteiger partial charge in [0.25, 0.3) is 0 Å². The first-order valence-electron chi connectivity index (χ1n) is 6.35. The van der Waals surface area contributed by atoms with E-state index in [4.69, 9.17) is 0 Å². The summed E-state index contributed by atoms with van der Waals surface area (Å²) in [5.74, 6) is 0. The second kappa shape index (κ2) is 5.54. The zero-order valence-corrected chi connectivity index (χ0v) is 13.1. The van der Waals surface area contributed by atoms with Gasteiger partial charge < -0.3 is 0 Å². The molecule has 1 N–H and O–H groups in total. The van der Waals surface area contributed by atoms with Crippen LogP contribution in [-0.2, 0) is 11.0 Å². The van der Waals surface area contributed by atoms with Gasteiger partial charge in [-0.05, 0) is 31.7 Å². The van der Waals surface area contributed by atoms with E-state index in [2.05, 4.69) is 37.6 Å². The second-order valence-electron chi connectivity index (χ2n) is 6.71. The van der Waals surface area contributed by atoms with Crippen molar-refractivity contribution in [2.45, 2.75) is 52.3 Å². The third-order valence-electron chi connectivity index (χ3n) is 2.78. The van der Waals surface area contributed by atoms with Crippen LogP contribution in [0, 0.1) is 5.41 Å². The maximum atomic E-state index is 12.3. The number of hydrogen-bond donors (Lipinski definition) is 1. The molecule has 0 amide bonds. The molecule has 1 rings (SSSR count). The Labute approximate surface area is 114 Å². The summed E-state index contributed by atoms with van der Waals surface area (Å²) in [5.41, 5.74) is 1.20. The molecule has 0 fully saturated rings. The average molecular weight is 267 g/mol. The van der Waals surface area contributed by atoms with Crippen molar-refractivity contribution in [3.8, 4) is 0 Å². The minimum atomic E-state index is -1.06. The molecule has 0 radical (unpaired) electrons. The Balaban J connectivity index is 2.99. The Morgan fingerprint density at radius 2 is 1.50 bits per heavy atom. The van der Waals surface area contributed by atoms with Gasteiger partial charge in [0.05, 0.1) is 15.7 Å². The fourth-order valence-electron chi connectivity index (χ4n) is 1.67. The van der Waals surface area contributed by atoms with Crippen molar-refractivity contribution in [3.05, 3.63) is 35.9 Å². The van der Waals surface area contributed by atoms with E-state index in [0.29, 0.717) is 0 Å². The lowest BCUT2D eigenvalue weighted by molar-refractivity contribution is 0.307. The molecule has 0 aliphatic carbocycles. The quantitative estimate of drug-likeness (QED) is 0.886. The smallest absolute Gasteiger partial charge is 0.0976 e. The highest BCUT2D eigenvalue weighted by atomic mass is 32.2. The Hall–Kier alpha value is -0.670. The molecular formula is C15H25NOS. The first-order chi connectivity index (χ1) is 8.12. The molecule has 2 nitrogen and oxygen atoms in total. The largest absolute Gasteiger partial charge is 0.242 e. The predicted molar refractivity (Wildman–Crippen MR) is 79.7 cm³/mol. The first-order valence-corrected chi connectivity index (χ1v) is 7.50. The van der Waals surface area contributed by atoms with Crippen LogP contribution in [0.15, 0.2) is 30.3 Å². The summed E-state index contributed by atoms with van der Waals surface area (Å²) < 4.78 is 15.3. The SMILES string of the molecule is CC(C)(C)[C@H](N[S@@](=O)C(C)(C)C)c1ccccc1. The van der Waals surface area contributed by atoms with Crippen LogP contribution in [0.5, 0.6) is 0 Å². The summed E-state index contributed by atoms with van der Waals surface area (Å²) in [5, 5.41) is 0. The van der Waals surface area contributed by atoms with Crippen molar-refractivity contribution < 1.29 is 4.21 Å². The van der Waals surface area contributed by atoms with Crippen molar-refractivity contribution in [2.24, 2.45) is 5.41 Å². The maximum Gasteiger partial charge on any atom is 0.0976 e. The molecule has 1 aromatic rings. The van der Waals surface area contributed by atoms with Gasteiger partial charge in [-0.15, -0.1) is 0 Å². The zero-order chi connectivity index (χ0) is 14.0. The molecule has 0 aromatic heterocycles. The number of rotatable bonds is 3. The van der Waals surface area contributed by atoms with Gasteiger partial charge in [-0.25, -0.2) is 8.93 Å². The Morgan fingerprint density at radius 1 is 1.00 bits per heavy atom. The van der Waals surface area contributed by atoms with Gasteiger partial charge in [-0.3, -0.25) is 0 Å². The van der Waals surface area contributed by atoms with Gasteiger partial charge in [0, 0.05) is 6.04 Å². The van der Waals surface area contributed by atoms with Gasteiger partial charge >= 0.3 is 0 Å². The first kappa shape index (κ1) is 15.4. The molecule has 0 saturated carbocycles. The molecule has 0 aliphatic heterocycles. The number of benzene rings is 1. The standard InChI is InChI=1S/C15H25NOS/c1-14(2,3)13(12-10-8-7-9-11-12)16-18(17)15(4,5)6/h7-11,13,16H,1-6H3/t13-,18+/m1/s1. The third-order valence-corrected chi connectivity index (χ3v) is 4.34. The number of nitrogens with one attached hydrogen (secondary N) is 1. The minimum absolute atomic E-state index is 0.0161. The lowest BCUT2D eigenvalue weighted by Crippen LogP contribution is -2.40. The molecule has 0 heterocycles. The van der Waals surface area contributed by atoms with Gasteiger partial charge in [-0.2, -0.15) is 0 Å². The van der Waals surface area contributed by atoms with Crippen LogP contribution in [0.2, 0.25) is 0 Å². The lowest BCUT2D eigenvalue weighted by atomic mass is 9.83. The highest BCUT2D eigenvalue weighted by Gasteiger charge is 2.30. The van der Waals surface area contributed by atoms with E-state index in [1.54, 1.807) is 0 Å². The highest BCUT2D eigenvalue weighted by Crippen LogP contribution is 2.33. The molecule has 0 saturated heterocycles. The van der Waals surface area contributed by atoms with Crippen LogP contribution in [-0.4, -0.2) is 8.96 Å². The molecule has 0 aliphatic rings. The Bertz CT molecular complexity index is 401. The Kier molecular flexibility index (Phi) is 4.73. The van der Waals surface area contributed by atoms with Crippen LogP contribution in [0.3, 0.4) is 0 Å². The maximum absolute atomic E-state index is 12.3. The molecule has 102 valence electrons. The Morgan fingerprint density at radius 3 is 1.89 bits per heavy atom. The van der Waals surface area contributed by atoms with Gasteiger partial charge in [0.15, 0.2) is 0 Å². The van der Waals surface area contributed by atoms with Crippen molar-refractivity contribution in [1.82, 2.24) is 4.72 Å². The third kappa shape index (κ3) is 4.21. The van der Waals surface area contributed by atoms with Crippen molar-refractivity contribution in [1.29, 1.82) is 0 Å². The predicted octanol–water partition coefficient (Wildman–Crippen LogP) is 3.83. The molecule has 2 atom stereocenters. The molecule has 0 bridgehead atoms. The van der Waals surface area contributed by atoms with Crippen LogP contribution < -0.4 is 4.72 Å². The van der Waals surface area contributed by atoms with E-state index >= 15 is 0 Å². The molecule has 0 unspecified atom stereocenters. The molecule has 1 aromatic carbocycles. The van der Waals surface area contributed by atoms with Crippen LogP contribution in [0.4, 0.5) is 0 Å². The topological polar surface area (TPSA) is 29.1 Å². The fraction of sp³-hybridized carbons (Fsp3) is 0.600. The van der Waals surface area contributed by atoms with E-state index in [1.165, 1.54) is 5.56 Å². The van der Waals surface area contributed by atoms with Crippen LogP contribution in [0.25, 0.3) is 0 Å². The summed E-state index contributed by atoms with van der Waals surface area (Å²) in [7, 11) is -1.06. The highest BCUT2D eigenvalue weighted by molar-refractivity contribution is 7.84. The van der Waals surface area contributed by atoms with E-state index in [1.807, 2.05) is 39.0 Å². The van der Waals surface area contributed by atoms with E-state index in [-0.39, 0.29) is 16.2 Å². The molecule has 0 spiro atoms. The fourth-order valence-corrected chi connectivity index (χ4v) is 2.73. The summed E-state index contributed by atoms with van der Waals surface area (Å²) in [6, 6.07) is 10.3. The average Bonchev–Trinajstić information content (AvgIpc) is 2.23. The molecule has 18 heavy (non-hydrogen) atoms. The summed E-state index contributed by atoms with van der Waals surface area (Å²) in [6.45, 7) is 12.5. The van der Waals surface area contributed by atoms with Gasteiger partial charge in [0.2, 0.25) is 0 Å².